The van der Waals surface area contributed by atoms with E-state index in [2.05, 4.69) is 10.5 Å². The van der Waals surface area contributed by atoms with E-state index in [-0.39, 0.29) is 35.9 Å². The van der Waals surface area contributed by atoms with Crippen LogP contribution in [-0.4, -0.2) is 28.8 Å². The van der Waals surface area contributed by atoms with Crippen LogP contribution in [0.3, 0.4) is 0 Å². The summed E-state index contributed by atoms with van der Waals surface area (Å²) >= 11 is 0. The van der Waals surface area contributed by atoms with E-state index in [0.717, 1.165) is 6.21 Å². The molecule has 1 aliphatic rings. The maximum atomic E-state index is 11.9. The predicted molar refractivity (Wildman–Crippen MR) is 91.8 cm³/mol. The number of non-ortho nitro benzene ring substituents is 1. The number of carbonyl (C=O) groups excluding carboxylic acids is 1. The van der Waals surface area contributed by atoms with Crippen molar-refractivity contribution in [3.05, 3.63) is 67.8 Å². The van der Waals surface area contributed by atoms with Gasteiger partial charge in [-0.3, -0.25) is 25.0 Å². The molecule has 1 heterocycles. The number of fused-ring (bicyclic) bond motifs is 1. The Kier molecular flexibility index (Phi) is 4.92. The largest absolute Gasteiger partial charge is 0.454 e. The molecule has 11 nitrogen and oxygen atoms in total. The minimum absolute atomic E-state index is 0.0287. The van der Waals surface area contributed by atoms with E-state index in [9.17, 15) is 25.0 Å². The number of nitro groups is 2. The SMILES string of the molecule is O=C(Cc1ccc([N+](=O)[O-])cc1)N/N=C\c1cc2c(cc1[N+](=O)[O-])OCO2. The van der Waals surface area contributed by atoms with Crippen molar-refractivity contribution in [2.24, 2.45) is 5.10 Å². The van der Waals surface area contributed by atoms with E-state index in [1.165, 1.54) is 36.4 Å². The van der Waals surface area contributed by atoms with Crippen molar-refractivity contribution >= 4 is 23.5 Å². The summed E-state index contributed by atoms with van der Waals surface area (Å²) in [7, 11) is 0. The first kappa shape index (κ1) is 17.8. The van der Waals surface area contributed by atoms with Gasteiger partial charge in [-0.05, 0) is 11.6 Å². The van der Waals surface area contributed by atoms with Crippen LogP contribution in [0.4, 0.5) is 11.4 Å². The van der Waals surface area contributed by atoms with Gasteiger partial charge in [-0.1, -0.05) is 12.1 Å². The molecule has 1 amide bonds. The molecule has 11 heteroatoms. The predicted octanol–water partition coefficient (Wildman–Crippen LogP) is 1.92. The highest BCUT2D eigenvalue weighted by Crippen LogP contribution is 2.37. The quantitative estimate of drug-likeness (QED) is 0.463. The van der Waals surface area contributed by atoms with Gasteiger partial charge in [0.25, 0.3) is 11.4 Å². The topological polar surface area (TPSA) is 146 Å². The maximum Gasteiger partial charge on any atom is 0.282 e. The van der Waals surface area contributed by atoms with Crippen molar-refractivity contribution in [2.75, 3.05) is 6.79 Å². The molecule has 0 atom stereocenters. The lowest BCUT2D eigenvalue weighted by molar-refractivity contribution is -0.385. The van der Waals surface area contributed by atoms with Crippen LogP contribution in [0.25, 0.3) is 0 Å². The minimum atomic E-state index is -0.595. The van der Waals surface area contributed by atoms with Crippen LogP contribution in [0.15, 0.2) is 41.5 Å². The van der Waals surface area contributed by atoms with E-state index in [1.807, 2.05) is 0 Å². The third-order valence-corrected chi connectivity index (χ3v) is 3.62. The van der Waals surface area contributed by atoms with Crippen LogP contribution in [0.5, 0.6) is 11.5 Å². The molecule has 2 aromatic carbocycles. The Labute approximate surface area is 151 Å². The average molecular weight is 372 g/mol. The number of amides is 1. The molecule has 0 saturated carbocycles. The van der Waals surface area contributed by atoms with Crippen molar-refractivity contribution in [1.29, 1.82) is 0 Å². The Bertz CT molecular complexity index is 941. The van der Waals surface area contributed by atoms with Gasteiger partial charge in [0.1, 0.15) is 0 Å². The molecule has 0 saturated heterocycles. The highest BCUT2D eigenvalue weighted by atomic mass is 16.7. The number of nitro benzene ring substituents is 2. The molecule has 0 aliphatic carbocycles. The van der Waals surface area contributed by atoms with Crippen molar-refractivity contribution in [2.45, 2.75) is 6.42 Å². The molecule has 0 bridgehead atoms. The number of ether oxygens (including phenoxy) is 2. The van der Waals surface area contributed by atoms with Crippen LogP contribution in [-0.2, 0) is 11.2 Å². The van der Waals surface area contributed by atoms with Crippen molar-refractivity contribution in [3.8, 4) is 11.5 Å². The van der Waals surface area contributed by atoms with Gasteiger partial charge in [-0.2, -0.15) is 5.10 Å². The summed E-state index contributed by atoms with van der Waals surface area (Å²) in [4.78, 5) is 32.5. The number of hydrazone groups is 1. The lowest BCUT2D eigenvalue weighted by Crippen LogP contribution is -2.19. The summed E-state index contributed by atoms with van der Waals surface area (Å²) in [5.74, 6) is 0.129. The first-order valence-corrected chi connectivity index (χ1v) is 7.57. The second-order valence-electron chi connectivity index (χ2n) is 5.41. The average Bonchev–Trinajstić information content (AvgIpc) is 3.08. The molecule has 1 N–H and O–H groups in total. The lowest BCUT2D eigenvalue weighted by Gasteiger charge is -2.02. The van der Waals surface area contributed by atoms with Crippen LogP contribution in [0.1, 0.15) is 11.1 Å². The highest BCUT2D eigenvalue weighted by molar-refractivity contribution is 5.88. The summed E-state index contributed by atoms with van der Waals surface area (Å²) in [6.07, 6.45) is 1.08. The van der Waals surface area contributed by atoms with E-state index in [1.54, 1.807) is 0 Å². The van der Waals surface area contributed by atoms with Crippen molar-refractivity contribution in [1.82, 2.24) is 5.43 Å². The molecular formula is C16H12N4O7. The van der Waals surface area contributed by atoms with Crippen LogP contribution >= 0.6 is 0 Å². The van der Waals surface area contributed by atoms with Gasteiger partial charge in [0.05, 0.1) is 34.1 Å². The molecule has 0 radical (unpaired) electrons. The molecule has 0 spiro atoms. The van der Waals surface area contributed by atoms with E-state index in [4.69, 9.17) is 9.47 Å². The molecule has 0 aromatic heterocycles. The van der Waals surface area contributed by atoms with E-state index < -0.39 is 15.8 Å². The Hall–Kier alpha value is -4.02. The Morgan fingerprint density at radius 2 is 1.78 bits per heavy atom. The first-order chi connectivity index (χ1) is 12.9. The fraction of sp³-hybridized carbons (Fsp3) is 0.125. The number of hydrogen-bond donors (Lipinski definition) is 1. The number of benzene rings is 2. The van der Waals surface area contributed by atoms with Gasteiger partial charge in [-0.25, -0.2) is 5.43 Å². The normalized spacial score (nSPS) is 12.1. The summed E-state index contributed by atoms with van der Waals surface area (Å²) in [6, 6.07) is 8.13. The van der Waals surface area contributed by atoms with Gasteiger partial charge < -0.3 is 9.47 Å². The van der Waals surface area contributed by atoms with Crippen molar-refractivity contribution < 1.29 is 24.1 Å². The first-order valence-electron chi connectivity index (χ1n) is 7.57. The summed E-state index contributed by atoms with van der Waals surface area (Å²) in [5.41, 5.74) is 2.63. The number of carbonyl (C=O) groups is 1. The van der Waals surface area contributed by atoms with Gasteiger partial charge in [0, 0.05) is 12.1 Å². The molecule has 1 aliphatic heterocycles. The molecule has 0 fully saturated rings. The molecule has 138 valence electrons. The van der Waals surface area contributed by atoms with Gasteiger partial charge >= 0.3 is 0 Å². The number of nitrogens with zero attached hydrogens (tertiary/aromatic N) is 3. The summed E-state index contributed by atoms with van der Waals surface area (Å²) in [5, 5.41) is 25.5. The lowest BCUT2D eigenvalue weighted by atomic mass is 10.1. The Morgan fingerprint density at radius 1 is 1.11 bits per heavy atom. The highest BCUT2D eigenvalue weighted by Gasteiger charge is 2.22. The fourth-order valence-electron chi connectivity index (χ4n) is 2.34. The van der Waals surface area contributed by atoms with E-state index in [0.29, 0.717) is 11.3 Å². The second kappa shape index (κ2) is 7.47. The third kappa shape index (κ3) is 4.15. The maximum absolute atomic E-state index is 11.9. The summed E-state index contributed by atoms with van der Waals surface area (Å²) < 4.78 is 10.3. The molecular weight excluding hydrogens is 360 g/mol. The van der Waals surface area contributed by atoms with Gasteiger partial charge in [-0.15, -0.1) is 0 Å². The monoisotopic (exact) mass is 372 g/mol. The minimum Gasteiger partial charge on any atom is -0.454 e. The smallest absolute Gasteiger partial charge is 0.282 e. The van der Waals surface area contributed by atoms with Crippen molar-refractivity contribution in [3.63, 3.8) is 0 Å². The third-order valence-electron chi connectivity index (χ3n) is 3.62. The number of rotatable bonds is 6. The van der Waals surface area contributed by atoms with Gasteiger partial charge in [0.2, 0.25) is 12.7 Å². The zero-order chi connectivity index (χ0) is 19.4. The number of hydrogen-bond acceptors (Lipinski definition) is 8. The van der Waals surface area contributed by atoms with Crippen LogP contribution in [0, 0.1) is 20.2 Å². The molecule has 3 rings (SSSR count). The second-order valence-corrected chi connectivity index (χ2v) is 5.41. The Balaban J connectivity index is 1.65. The fourth-order valence-corrected chi connectivity index (χ4v) is 2.34. The molecule has 2 aromatic rings. The van der Waals surface area contributed by atoms with E-state index >= 15 is 0 Å². The standard InChI is InChI=1S/C16H12N4O7/c21-16(5-10-1-3-12(4-2-10)19(22)23)18-17-8-11-6-14-15(27-9-26-14)7-13(11)20(24)25/h1-4,6-8H,5,9H2,(H,18,21)/b17-8-. The zero-order valence-electron chi connectivity index (χ0n) is 13.7. The summed E-state index contributed by atoms with van der Waals surface area (Å²) in [6.45, 7) is -0.0287. The molecule has 0 unspecified atom stereocenters. The zero-order valence-corrected chi connectivity index (χ0v) is 13.7. The van der Waals surface area contributed by atoms with Crippen LogP contribution < -0.4 is 14.9 Å². The number of nitrogens with one attached hydrogen (secondary N) is 1. The van der Waals surface area contributed by atoms with Crippen LogP contribution in [0.2, 0.25) is 0 Å². The van der Waals surface area contributed by atoms with Gasteiger partial charge in [0.15, 0.2) is 11.5 Å². The molecule has 27 heavy (non-hydrogen) atoms. The Morgan fingerprint density at radius 3 is 2.41 bits per heavy atom.